The lowest BCUT2D eigenvalue weighted by Crippen LogP contribution is -2.20. The van der Waals surface area contributed by atoms with E-state index in [1.807, 2.05) is 24.3 Å². The molecule has 4 rings (SSSR count). The molecule has 2 unspecified atom stereocenters. The van der Waals surface area contributed by atoms with Crippen LogP contribution in [0.15, 0.2) is 36.4 Å². The molecule has 2 fully saturated rings. The Morgan fingerprint density at radius 2 is 1.58 bits per heavy atom. The molecule has 1 saturated heterocycles. The summed E-state index contributed by atoms with van der Waals surface area (Å²) in [6.45, 7) is 5.15. The van der Waals surface area contributed by atoms with Crippen LogP contribution in [0.25, 0.3) is 11.1 Å². The molecular formula is C29H37F3O. The standard InChI is InChI=1S/C29H37F3O/c1-3-5-20-6-9-21(10-7-20)24-15-16-25(28(30)27(24)29(31)32)22-11-13-23(14-12-22)26-17-8-19(4-2)18-33-26/h11-16,19-21,26,29H,3-10,17-18H2,1-2H3. The van der Waals surface area contributed by atoms with Crippen molar-refractivity contribution < 1.29 is 17.9 Å². The highest BCUT2D eigenvalue weighted by atomic mass is 19.3. The summed E-state index contributed by atoms with van der Waals surface area (Å²) in [5.74, 6) is 0.585. The molecule has 1 aliphatic heterocycles. The molecule has 2 atom stereocenters. The molecule has 0 N–H and O–H groups in total. The Kier molecular flexibility index (Phi) is 8.16. The predicted molar refractivity (Wildman–Crippen MR) is 128 cm³/mol. The lowest BCUT2D eigenvalue weighted by Gasteiger charge is -2.30. The Balaban J connectivity index is 1.53. The van der Waals surface area contributed by atoms with Crippen molar-refractivity contribution in [2.75, 3.05) is 6.61 Å². The van der Waals surface area contributed by atoms with E-state index in [2.05, 4.69) is 13.8 Å². The second-order valence-corrected chi connectivity index (χ2v) is 10.0. The Morgan fingerprint density at radius 1 is 0.879 bits per heavy atom. The molecule has 1 nitrogen and oxygen atoms in total. The fourth-order valence-electron chi connectivity index (χ4n) is 5.85. The molecule has 33 heavy (non-hydrogen) atoms. The number of benzene rings is 2. The Labute approximate surface area is 196 Å². The third kappa shape index (κ3) is 5.48. The van der Waals surface area contributed by atoms with E-state index in [0.29, 0.717) is 23.0 Å². The molecule has 1 saturated carbocycles. The summed E-state index contributed by atoms with van der Waals surface area (Å²) in [7, 11) is 0. The van der Waals surface area contributed by atoms with Crippen LogP contribution in [0.3, 0.4) is 0 Å². The van der Waals surface area contributed by atoms with Gasteiger partial charge in [0.25, 0.3) is 6.43 Å². The van der Waals surface area contributed by atoms with Gasteiger partial charge in [0.05, 0.1) is 18.3 Å². The molecule has 0 bridgehead atoms. The maximum Gasteiger partial charge on any atom is 0.266 e. The lowest BCUT2D eigenvalue weighted by molar-refractivity contribution is -0.0180. The number of hydrogen-bond donors (Lipinski definition) is 0. The van der Waals surface area contributed by atoms with Crippen LogP contribution < -0.4 is 0 Å². The van der Waals surface area contributed by atoms with E-state index in [-0.39, 0.29) is 17.6 Å². The second kappa shape index (κ2) is 11.1. The van der Waals surface area contributed by atoms with Crippen molar-refractivity contribution in [3.63, 3.8) is 0 Å². The van der Waals surface area contributed by atoms with E-state index in [1.54, 1.807) is 12.1 Å². The molecule has 2 aliphatic rings. The molecule has 180 valence electrons. The summed E-state index contributed by atoms with van der Waals surface area (Å²) < 4.78 is 49.6. The molecule has 0 aromatic heterocycles. The first-order valence-corrected chi connectivity index (χ1v) is 12.8. The zero-order valence-electron chi connectivity index (χ0n) is 20.0. The highest BCUT2D eigenvalue weighted by molar-refractivity contribution is 5.66. The summed E-state index contributed by atoms with van der Waals surface area (Å²) in [6.07, 6.45) is 6.72. The quantitative estimate of drug-likeness (QED) is 0.401. The van der Waals surface area contributed by atoms with Gasteiger partial charge in [-0.15, -0.1) is 0 Å². The van der Waals surface area contributed by atoms with Crippen molar-refractivity contribution in [3.05, 3.63) is 58.9 Å². The van der Waals surface area contributed by atoms with Crippen LogP contribution in [0, 0.1) is 17.7 Å². The topological polar surface area (TPSA) is 9.23 Å². The largest absolute Gasteiger partial charge is 0.373 e. The number of ether oxygens (including phenoxy) is 1. The minimum Gasteiger partial charge on any atom is -0.373 e. The van der Waals surface area contributed by atoms with E-state index < -0.39 is 17.8 Å². The van der Waals surface area contributed by atoms with Gasteiger partial charge < -0.3 is 4.74 Å². The Morgan fingerprint density at radius 3 is 2.15 bits per heavy atom. The third-order valence-corrected chi connectivity index (χ3v) is 7.96. The number of alkyl halides is 2. The normalized spacial score (nSPS) is 26.0. The van der Waals surface area contributed by atoms with Gasteiger partial charge in [0.1, 0.15) is 5.82 Å². The second-order valence-electron chi connectivity index (χ2n) is 10.0. The van der Waals surface area contributed by atoms with Gasteiger partial charge in [0.2, 0.25) is 0 Å². The van der Waals surface area contributed by atoms with Gasteiger partial charge in [-0.3, -0.25) is 0 Å². The number of rotatable bonds is 7. The summed E-state index contributed by atoms with van der Waals surface area (Å²) in [6, 6.07) is 11.1. The van der Waals surface area contributed by atoms with Crippen molar-refractivity contribution in [1.29, 1.82) is 0 Å². The number of hydrogen-bond acceptors (Lipinski definition) is 1. The van der Waals surface area contributed by atoms with E-state index in [1.165, 1.54) is 6.42 Å². The molecule has 2 aromatic carbocycles. The molecule has 0 radical (unpaired) electrons. The van der Waals surface area contributed by atoms with E-state index in [4.69, 9.17) is 4.74 Å². The first-order chi connectivity index (χ1) is 16.0. The maximum absolute atomic E-state index is 15.5. The average Bonchev–Trinajstić information content (AvgIpc) is 2.84. The Bertz CT molecular complexity index is 892. The van der Waals surface area contributed by atoms with Crippen molar-refractivity contribution in [1.82, 2.24) is 0 Å². The monoisotopic (exact) mass is 458 g/mol. The third-order valence-electron chi connectivity index (χ3n) is 7.96. The fraction of sp³-hybridized carbons (Fsp3) is 0.586. The van der Waals surface area contributed by atoms with Crippen LogP contribution in [-0.4, -0.2) is 6.61 Å². The van der Waals surface area contributed by atoms with Crippen LogP contribution in [-0.2, 0) is 4.74 Å². The summed E-state index contributed by atoms with van der Waals surface area (Å²) in [5.41, 5.74) is 2.09. The van der Waals surface area contributed by atoms with E-state index in [0.717, 1.165) is 63.5 Å². The summed E-state index contributed by atoms with van der Waals surface area (Å²) in [4.78, 5) is 0. The average molecular weight is 459 g/mol. The first kappa shape index (κ1) is 24.3. The minimum absolute atomic E-state index is 0.0310. The lowest BCUT2D eigenvalue weighted by atomic mass is 9.76. The van der Waals surface area contributed by atoms with Crippen LogP contribution >= 0.6 is 0 Å². The van der Waals surface area contributed by atoms with Crippen molar-refractivity contribution in [3.8, 4) is 11.1 Å². The zero-order valence-corrected chi connectivity index (χ0v) is 20.0. The summed E-state index contributed by atoms with van der Waals surface area (Å²) in [5, 5.41) is 0. The van der Waals surface area contributed by atoms with Gasteiger partial charge in [-0.2, -0.15) is 0 Å². The van der Waals surface area contributed by atoms with Gasteiger partial charge in [-0.1, -0.05) is 69.5 Å². The molecular weight excluding hydrogens is 421 g/mol. The minimum atomic E-state index is -2.81. The molecule has 1 heterocycles. The van der Waals surface area contributed by atoms with Crippen LogP contribution in [0.4, 0.5) is 13.2 Å². The Hall–Kier alpha value is -1.81. The predicted octanol–water partition coefficient (Wildman–Crippen LogP) is 9.38. The van der Waals surface area contributed by atoms with Gasteiger partial charge in [0.15, 0.2) is 0 Å². The molecule has 2 aromatic rings. The van der Waals surface area contributed by atoms with Gasteiger partial charge in [-0.25, -0.2) is 13.2 Å². The summed E-state index contributed by atoms with van der Waals surface area (Å²) >= 11 is 0. The van der Waals surface area contributed by atoms with Crippen LogP contribution in [0.2, 0.25) is 0 Å². The first-order valence-electron chi connectivity index (χ1n) is 12.8. The van der Waals surface area contributed by atoms with Crippen molar-refractivity contribution in [2.24, 2.45) is 11.8 Å². The molecule has 0 amide bonds. The smallest absolute Gasteiger partial charge is 0.266 e. The van der Waals surface area contributed by atoms with Gasteiger partial charge in [-0.05, 0) is 73.0 Å². The highest BCUT2D eigenvalue weighted by Gasteiger charge is 2.29. The van der Waals surface area contributed by atoms with Gasteiger partial charge in [0, 0.05) is 5.56 Å². The molecule has 4 heteroatoms. The fourth-order valence-corrected chi connectivity index (χ4v) is 5.85. The van der Waals surface area contributed by atoms with Crippen LogP contribution in [0.5, 0.6) is 0 Å². The van der Waals surface area contributed by atoms with Crippen molar-refractivity contribution in [2.45, 2.75) is 90.1 Å². The maximum atomic E-state index is 15.5. The molecule has 0 spiro atoms. The SMILES string of the molecule is CCCC1CCC(c2ccc(-c3ccc(C4CCC(CC)CO4)cc3)c(F)c2C(F)F)CC1. The highest BCUT2D eigenvalue weighted by Crippen LogP contribution is 2.43. The molecule has 1 aliphatic carbocycles. The zero-order chi connectivity index (χ0) is 23.4. The van der Waals surface area contributed by atoms with E-state index in [9.17, 15) is 8.78 Å². The van der Waals surface area contributed by atoms with Crippen molar-refractivity contribution >= 4 is 0 Å². The van der Waals surface area contributed by atoms with Gasteiger partial charge >= 0.3 is 0 Å². The number of halogens is 3. The van der Waals surface area contributed by atoms with Crippen LogP contribution in [0.1, 0.15) is 107 Å². The van der Waals surface area contributed by atoms with E-state index >= 15 is 4.39 Å².